The predicted octanol–water partition coefficient (Wildman–Crippen LogP) is 5.34. The number of rotatable bonds is 11. The molecule has 0 bridgehead atoms. The van der Waals surface area contributed by atoms with E-state index in [1.165, 1.54) is 31.2 Å². The molecule has 21 heavy (non-hydrogen) atoms. The standard InChI is InChI=1S/C19H33NO/c1-5-7-15-21-18-13-11-17(12-14-18)19(20-6-2)10-8-9-16(3)4/h11-14,16,19-20H,5-10,15H2,1-4H3. The Hall–Kier alpha value is -1.02. The van der Waals surface area contributed by atoms with Crippen LogP contribution in [-0.2, 0) is 0 Å². The molecule has 0 saturated heterocycles. The molecule has 0 aliphatic rings. The minimum Gasteiger partial charge on any atom is -0.494 e. The van der Waals surface area contributed by atoms with Gasteiger partial charge < -0.3 is 10.1 Å². The van der Waals surface area contributed by atoms with Crippen molar-refractivity contribution in [3.05, 3.63) is 29.8 Å². The number of hydrogen-bond acceptors (Lipinski definition) is 2. The Morgan fingerprint density at radius 1 is 1.00 bits per heavy atom. The van der Waals surface area contributed by atoms with Gasteiger partial charge >= 0.3 is 0 Å². The summed E-state index contributed by atoms with van der Waals surface area (Å²) in [6.07, 6.45) is 6.10. The van der Waals surface area contributed by atoms with E-state index in [4.69, 9.17) is 4.74 Å². The average Bonchev–Trinajstić information content (AvgIpc) is 2.47. The SMILES string of the molecule is CCCCOc1ccc(C(CCCC(C)C)NCC)cc1. The fourth-order valence-electron chi connectivity index (χ4n) is 2.49. The zero-order chi connectivity index (χ0) is 15.5. The van der Waals surface area contributed by atoms with Gasteiger partial charge in [-0.25, -0.2) is 0 Å². The van der Waals surface area contributed by atoms with Crippen LogP contribution < -0.4 is 10.1 Å². The van der Waals surface area contributed by atoms with E-state index in [1.807, 2.05) is 0 Å². The third kappa shape index (κ3) is 7.52. The molecule has 2 nitrogen and oxygen atoms in total. The summed E-state index contributed by atoms with van der Waals surface area (Å²) in [5, 5.41) is 3.60. The first-order chi connectivity index (χ1) is 10.2. The number of benzene rings is 1. The second kappa shape index (κ2) is 10.7. The molecule has 0 heterocycles. The van der Waals surface area contributed by atoms with Crippen LogP contribution >= 0.6 is 0 Å². The smallest absolute Gasteiger partial charge is 0.119 e. The van der Waals surface area contributed by atoms with Gasteiger partial charge in [-0.2, -0.15) is 0 Å². The number of hydrogen-bond donors (Lipinski definition) is 1. The summed E-state index contributed by atoms with van der Waals surface area (Å²) in [6, 6.07) is 9.11. The van der Waals surface area contributed by atoms with Crippen LogP contribution in [0.2, 0.25) is 0 Å². The Bertz CT molecular complexity index is 358. The van der Waals surface area contributed by atoms with Crippen molar-refractivity contribution in [3.8, 4) is 5.75 Å². The lowest BCUT2D eigenvalue weighted by Gasteiger charge is -2.19. The molecule has 1 aromatic carbocycles. The highest BCUT2D eigenvalue weighted by atomic mass is 16.5. The van der Waals surface area contributed by atoms with E-state index in [2.05, 4.69) is 57.3 Å². The molecular weight excluding hydrogens is 258 g/mol. The normalized spacial score (nSPS) is 12.6. The topological polar surface area (TPSA) is 21.3 Å². The summed E-state index contributed by atoms with van der Waals surface area (Å²) in [6.45, 7) is 10.8. The maximum atomic E-state index is 5.73. The minimum atomic E-state index is 0.471. The highest BCUT2D eigenvalue weighted by molar-refractivity contribution is 5.29. The van der Waals surface area contributed by atoms with Gasteiger partial charge in [0.15, 0.2) is 0 Å². The van der Waals surface area contributed by atoms with Crippen molar-refractivity contribution in [1.82, 2.24) is 5.32 Å². The zero-order valence-electron chi connectivity index (χ0n) is 14.3. The summed E-state index contributed by atoms with van der Waals surface area (Å²) >= 11 is 0. The van der Waals surface area contributed by atoms with Gasteiger partial charge in [-0.1, -0.05) is 59.1 Å². The maximum absolute atomic E-state index is 5.73. The van der Waals surface area contributed by atoms with Crippen LogP contribution in [0.5, 0.6) is 5.75 Å². The molecule has 0 saturated carbocycles. The molecule has 120 valence electrons. The van der Waals surface area contributed by atoms with Crippen LogP contribution in [0, 0.1) is 5.92 Å². The maximum Gasteiger partial charge on any atom is 0.119 e. The molecule has 1 rings (SSSR count). The van der Waals surface area contributed by atoms with Gasteiger partial charge in [-0.05, 0) is 43.0 Å². The summed E-state index contributed by atoms with van der Waals surface area (Å²) < 4.78 is 5.73. The summed E-state index contributed by atoms with van der Waals surface area (Å²) in [4.78, 5) is 0. The first-order valence-electron chi connectivity index (χ1n) is 8.63. The van der Waals surface area contributed by atoms with Crippen molar-refractivity contribution in [2.24, 2.45) is 5.92 Å². The molecule has 0 fully saturated rings. The molecule has 0 aromatic heterocycles. The third-order valence-corrected chi connectivity index (χ3v) is 3.77. The Morgan fingerprint density at radius 3 is 2.29 bits per heavy atom. The molecule has 1 aromatic rings. The number of ether oxygens (including phenoxy) is 1. The van der Waals surface area contributed by atoms with Crippen LogP contribution in [-0.4, -0.2) is 13.2 Å². The minimum absolute atomic E-state index is 0.471. The second-order valence-corrected chi connectivity index (χ2v) is 6.21. The van der Waals surface area contributed by atoms with Crippen molar-refractivity contribution >= 4 is 0 Å². The zero-order valence-corrected chi connectivity index (χ0v) is 14.3. The largest absolute Gasteiger partial charge is 0.494 e. The quantitative estimate of drug-likeness (QED) is 0.555. The average molecular weight is 291 g/mol. The molecule has 0 amide bonds. The second-order valence-electron chi connectivity index (χ2n) is 6.21. The van der Waals surface area contributed by atoms with Crippen LogP contribution in [0.15, 0.2) is 24.3 Å². The van der Waals surface area contributed by atoms with Gasteiger partial charge in [0, 0.05) is 6.04 Å². The molecule has 1 atom stereocenters. The van der Waals surface area contributed by atoms with Crippen LogP contribution in [0.25, 0.3) is 0 Å². The molecule has 0 aliphatic carbocycles. The van der Waals surface area contributed by atoms with Crippen molar-refractivity contribution in [3.63, 3.8) is 0 Å². The monoisotopic (exact) mass is 291 g/mol. The van der Waals surface area contributed by atoms with Crippen LogP contribution in [0.4, 0.5) is 0 Å². The van der Waals surface area contributed by atoms with Gasteiger partial charge in [0.25, 0.3) is 0 Å². The molecule has 1 unspecified atom stereocenters. The molecule has 1 N–H and O–H groups in total. The molecule has 0 aliphatic heterocycles. The fourth-order valence-corrected chi connectivity index (χ4v) is 2.49. The van der Waals surface area contributed by atoms with Crippen LogP contribution in [0.1, 0.15) is 71.4 Å². The van der Waals surface area contributed by atoms with Crippen molar-refractivity contribution in [2.75, 3.05) is 13.2 Å². The van der Waals surface area contributed by atoms with Crippen LogP contribution in [0.3, 0.4) is 0 Å². The fraction of sp³-hybridized carbons (Fsp3) is 0.684. The molecule has 0 spiro atoms. The third-order valence-electron chi connectivity index (χ3n) is 3.77. The summed E-state index contributed by atoms with van der Waals surface area (Å²) in [5.41, 5.74) is 1.38. The van der Waals surface area contributed by atoms with E-state index in [9.17, 15) is 0 Å². The lowest BCUT2D eigenvalue weighted by Crippen LogP contribution is -2.21. The van der Waals surface area contributed by atoms with Gasteiger partial charge in [0.2, 0.25) is 0 Å². The molecular formula is C19H33NO. The van der Waals surface area contributed by atoms with Crippen molar-refractivity contribution in [2.45, 2.75) is 65.8 Å². The number of unbranched alkanes of at least 4 members (excludes halogenated alkanes) is 1. The first-order valence-corrected chi connectivity index (χ1v) is 8.63. The highest BCUT2D eigenvalue weighted by Crippen LogP contribution is 2.23. The van der Waals surface area contributed by atoms with Gasteiger partial charge in [-0.15, -0.1) is 0 Å². The Morgan fingerprint density at radius 2 is 1.71 bits per heavy atom. The van der Waals surface area contributed by atoms with E-state index in [0.29, 0.717) is 6.04 Å². The Labute approximate surface area is 131 Å². The highest BCUT2D eigenvalue weighted by Gasteiger charge is 2.10. The van der Waals surface area contributed by atoms with Gasteiger partial charge in [0.05, 0.1) is 6.61 Å². The summed E-state index contributed by atoms with van der Waals surface area (Å²) in [7, 11) is 0. The van der Waals surface area contributed by atoms with Gasteiger partial charge in [0.1, 0.15) is 5.75 Å². The van der Waals surface area contributed by atoms with Crippen molar-refractivity contribution in [1.29, 1.82) is 0 Å². The molecule has 2 heteroatoms. The van der Waals surface area contributed by atoms with E-state index in [-0.39, 0.29) is 0 Å². The lowest BCUT2D eigenvalue weighted by atomic mass is 9.98. The Balaban J connectivity index is 2.53. The van der Waals surface area contributed by atoms with Gasteiger partial charge in [-0.3, -0.25) is 0 Å². The van der Waals surface area contributed by atoms with E-state index in [1.54, 1.807) is 0 Å². The Kier molecular flexibility index (Phi) is 9.16. The molecule has 0 radical (unpaired) electrons. The van der Waals surface area contributed by atoms with E-state index < -0.39 is 0 Å². The van der Waals surface area contributed by atoms with E-state index in [0.717, 1.165) is 31.2 Å². The predicted molar refractivity (Wildman–Crippen MR) is 92.0 cm³/mol. The van der Waals surface area contributed by atoms with Crippen molar-refractivity contribution < 1.29 is 4.74 Å². The first kappa shape index (κ1) is 18.0. The lowest BCUT2D eigenvalue weighted by molar-refractivity contribution is 0.309. The number of nitrogens with one attached hydrogen (secondary N) is 1. The summed E-state index contributed by atoms with van der Waals surface area (Å²) in [5.74, 6) is 1.78. The van der Waals surface area contributed by atoms with E-state index >= 15 is 0 Å².